The third kappa shape index (κ3) is 5.27. The molecule has 2 aromatic carbocycles. The summed E-state index contributed by atoms with van der Waals surface area (Å²) in [5.74, 6) is 1.22. The molecule has 2 unspecified atom stereocenters. The van der Waals surface area contributed by atoms with Crippen LogP contribution in [0.3, 0.4) is 0 Å². The zero-order chi connectivity index (χ0) is 23.3. The summed E-state index contributed by atoms with van der Waals surface area (Å²) < 4.78 is 5.54. The van der Waals surface area contributed by atoms with E-state index in [2.05, 4.69) is 10.2 Å². The fourth-order valence-electron chi connectivity index (χ4n) is 5.61. The first-order valence-electron chi connectivity index (χ1n) is 12.8. The molecule has 180 valence electrons. The quantitative estimate of drug-likeness (QED) is 0.693. The van der Waals surface area contributed by atoms with Gasteiger partial charge < -0.3 is 19.9 Å². The first-order valence-corrected chi connectivity index (χ1v) is 12.8. The van der Waals surface area contributed by atoms with Crippen molar-refractivity contribution in [2.45, 2.75) is 57.5 Å². The number of rotatable bonds is 6. The Kier molecular flexibility index (Phi) is 7.14. The molecule has 2 amide bonds. The second-order valence-electron chi connectivity index (χ2n) is 9.92. The standard InChI is InChI=1S/C28H35N3O3/c32-27-20-34-26-11-5-4-10-25(26)31(27)18-21-12-14-22(15-13-21)28(33)29-24-9-3-2-8-23(24)19-30-16-6-1-7-17-30/h4-5,10-15,23-24H,1-3,6-9,16-20H2,(H,29,33). The molecule has 1 aliphatic carbocycles. The zero-order valence-electron chi connectivity index (χ0n) is 19.9. The largest absolute Gasteiger partial charge is 0.482 e. The van der Waals surface area contributed by atoms with Gasteiger partial charge in [0.25, 0.3) is 11.8 Å². The second kappa shape index (κ2) is 10.6. The molecule has 2 aromatic rings. The number of nitrogens with one attached hydrogen (secondary N) is 1. The van der Waals surface area contributed by atoms with Crippen LogP contribution >= 0.6 is 0 Å². The van der Waals surface area contributed by atoms with Gasteiger partial charge in [-0.3, -0.25) is 9.59 Å². The van der Waals surface area contributed by atoms with Crippen molar-refractivity contribution in [1.82, 2.24) is 10.2 Å². The van der Waals surface area contributed by atoms with Gasteiger partial charge in [0, 0.05) is 18.2 Å². The normalized spacial score (nSPS) is 23.2. The van der Waals surface area contributed by atoms with E-state index in [9.17, 15) is 9.59 Å². The van der Waals surface area contributed by atoms with E-state index in [1.807, 2.05) is 48.5 Å². The molecular formula is C28H35N3O3. The number of piperidine rings is 1. The lowest BCUT2D eigenvalue weighted by atomic mass is 9.83. The van der Waals surface area contributed by atoms with Gasteiger partial charge in [0.15, 0.2) is 6.61 Å². The Labute approximate surface area is 202 Å². The number of hydrogen-bond acceptors (Lipinski definition) is 4. The Morgan fingerprint density at radius 3 is 2.53 bits per heavy atom. The van der Waals surface area contributed by atoms with Crippen LogP contribution in [0.5, 0.6) is 5.75 Å². The molecule has 0 bridgehead atoms. The topological polar surface area (TPSA) is 61.9 Å². The zero-order valence-corrected chi connectivity index (χ0v) is 19.9. The van der Waals surface area contributed by atoms with Crippen molar-refractivity contribution in [3.05, 3.63) is 59.7 Å². The third-order valence-corrected chi connectivity index (χ3v) is 7.53. The molecule has 0 aromatic heterocycles. The highest BCUT2D eigenvalue weighted by Crippen LogP contribution is 2.32. The number of nitrogens with zero attached hydrogens (tertiary/aromatic N) is 2. The van der Waals surface area contributed by atoms with Crippen molar-refractivity contribution in [2.24, 2.45) is 5.92 Å². The summed E-state index contributed by atoms with van der Waals surface area (Å²) >= 11 is 0. The van der Waals surface area contributed by atoms with Crippen molar-refractivity contribution in [3.63, 3.8) is 0 Å². The maximum Gasteiger partial charge on any atom is 0.265 e. The predicted octanol–water partition coefficient (Wildman–Crippen LogP) is 4.39. The fraction of sp³-hybridized carbons (Fsp3) is 0.500. The maximum absolute atomic E-state index is 13.1. The van der Waals surface area contributed by atoms with Crippen LogP contribution in [0.15, 0.2) is 48.5 Å². The van der Waals surface area contributed by atoms with Crippen LogP contribution in [0.2, 0.25) is 0 Å². The van der Waals surface area contributed by atoms with Gasteiger partial charge in [-0.05, 0) is 74.5 Å². The summed E-state index contributed by atoms with van der Waals surface area (Å²) in [5.41, 5.74) is 2.46. The lowest BCUT2D eigenvalue weighted by Gasteiger charge is -2.37. The minimum Gasteiger partial charge on any atom is -0.482 e. The van der Waals surface area contributed by atoms with Crippen molar-refractivity contribution >= 4 is 17.5 Å². The van der Waals surface area contributed by atoms with E-state index in [0.717, 1.165) is 30.0 Å². The number of benzene rings is 2. The van der Waals surface area contributed by atoms with Crippen LogP contribution in [0.4, 0.5) is 5.69 Å². The van der Waals surface area contributed by atoms with Crippen LogP contribution in [0.25, 0.3) is 0 Å². The summed E-state index contributed by atoms with van der Waals surface area (Å²) in [6.45, 7) is 4.03. The number of hydrogen-bond donors (Lipinski definition) is 1. The van der Waals surface area contributed by atoms with E-state index in [1.54, 1.807) is 4.90 Å². The number of carbonyl (C=O) groups excluding carboxylic acids is 2. The van der Waals surface area contributed by atoms with Crippen molar-refractivity contribution in [3.8, 4) is 5.75 Å². The van der Waals surface area contributed by atoms with Crippen LogP contribution in [0, 0.1) is 5.92 Å². The van der Waals surface area contributed by atoms with Gasteiger partial charge in [-0.2, -0.15) is 0 Å². The summed E-state index contributed by atoms with van der Waals surface area (Å²) in [7, 11) is 0. The first kappa shape index (κ1) is 22.9. The molecule has 1 saturated heterocycles. The SMILES string of the molecule is O=C(NC1CCCCC1CN1CCCCC1)c1ccc(CN2C(=O)COc3ccccc32)cc1. The molecule has 0 radical (unpaired) electrons. The molecule has 2 aliphatic heterocycles. The molecule has 2 heterocycles. The van der Waals surface area contributed by atoms with Gasteiger partial charge >= 0.3 is 0 Å². The van der Waals surface area contributed by atoms with Crippen LogP contribution in [0.1, 0.15) is 60.9 Å². The Morgan fingerprint density at radius 1 is 0.941 bits per heavy atom. The van der Waals surface area contributed by atoms with Crippen molar-refractivity contribution < 1.29 is 14.3 Å². The highest BCUT2D eigenvalue weighted by atomic mass is 16.5. The van der Waals surface area contributed by atoms with Gasteiger partial charge in [-0.1, -0.05) is 43.5 Å². The maximum atomic E-state index is 13.1. The molecular weight excluding hydrogens is 426 g/mol. The Bertz CT molecular complexity index is 1000. The monoisotopic (exact) mass is 461 g/mol. The molecule has 1 N–H and O–H groups in total. The van der Waals surface area contributed by atoms with Crippen LogP contribution in [-0.2, 0) is 11.3 Å². The Morgan fingerprint density at radius 2 is 1.71 bits per heavy atom. The lowest BCUT2D eigenvalue weighted by Crippen LogP contribution is -2.47. The van der Waals surface area contributed by atoms with Gasteiger partial charge in [0.1, 0.15) is 5.75 Å². The van der Waals surface area contributed by atoms with Crippen LogP contribution in [-0.4, -0.2) is 49.0 Å². The summed E-state index contributed by atoms with van der Waals surface area (Å²) in [5, 5.41) is 3.35. The van der Waals surface area contributed by atoms with Gasteiger partial charge in [-0.15, -0.1) is 0 Å². The number of anilines is 1. The number of ether oxygens (including phenoxy) is 1. The van der Waals surface area contributed by atoms with Gasteiger partial charge in [-0.25, -0.2) is 0 Å². The number of fused-ring (bicyclic) bond motifs is 1. The minimum atomic E-state index is -0.0578. The summed E-state index contributed by atoms with van der Waals surface area (Å²) in [6.07, 6.45) is 8.69. The van der Waals surface area contributed by atoms with E-state index in [4.69, 9.17) is 4.74 Å². The van der Waals surface area contributed by atoms with Crippen molar-refractivity contribution in [1.29, 1.82) is 0 Å². The smallest absolute Gasteiger partial charge is 0.265 e. The van der Waals surface area contributed by atoms with E-state index in [0.29, 0.717) is 18.0 Å². The lowest BCUT2D eigenvalue weighted by molar-refractivity contribution is -0.121. The average molecular weight is 462 g/mol. The highest BCUT2D eigenvalue weighted by Gasteiger charge is 2.29. The minimum absolute atomic E-state index is 0.00916. The molecule has 2 atom stereocenters. The molecule has 2 fully saturated rings. The van der Waals surface area contributed by atoms with Gasteiger partial charge in [0.2, 0.25) is 0 Å². The molecule has 6 nitrogen and oxygen atoms in total. The van der Waals surface area contributed by atoms with E-state index < -0.39 is 0 Å². The summed E-state index contributed by atoms with van der Waals surface area (Å²) in [4.78, 5) is 29.9. The Hall–Kier alpha value is -2.86. The predicted molar refractivity (Wildman–Crippen MR) is 133 cm³/mol. The molecule has 0 spiro atoms. The van der Waals surface area contributed by atoms with E-state index >= 15 is 0 Å². The highest BCUT2D eigenvalue weighted by molar-refractivity contribution is 5.98. The first-order chi connectivity index (χ1) is 16.7. The number of carbonyl (C=O) groups is 2. The molecule has 34 heavy (non-hydrogen) atoms. The molecule has 1 saturated carbocycles. The average Bonchev–Trinajstić information content (AvgIpc) is 2.88. The molecule has 5 rings (SSSR count). The van der Waals surface area contributed by atoms with E-state index in [-0.39, 0.29) is 24.5 Å². The molecule has 3 aliphatic rings. The molecule has 6 heteroatoms. The van der Waals surface area contributed by atoms with Crippen molar-refractivity contribution in [2.75, 3.05) is 31.1 Å². The number of para-hydroxylation sites is 2. The Balaban J connectivity index is 1.21. The third-order valence-electron chi connectivity index (χ3n) is 7.53. The number of likely N-dealkylation sites (tertiary alicyclic amines) is 1. The fourth-order valence-corrected chi connectivity index (χ4v) is 5.61. The number of amides is 2. The van der Waals surface area contributed by atoms with Crippen LogP contribution < -0.4 is 15.0 Å². The van der Waals surface area contributed by atoms with E-state index in [1.165, 1.54) is 51.6 Å². The second-order valence-corrected chi connectivity index (χ2v) is 9.92. The van der Waals surface area contributed by atoms with Gasteiger partial charge in [0.05, 0.1) is 12.2 Å². The summed E-state index contributed by atoms with van der Waals surface area (Å²) in [6, 6.07) is 15.5.